The van der Waals surface area contributed by atoms with Gasteiger partial charge in [0, 0.05) is 14.1 Å². The molecular formula is C8H13N3O+. The van der Waals surface area contributed by atoms with Gasteiger partial charge in [-0.15, -0.1) is 0 Å². The lowest BCUT2D eigenvalue weighted by molar-refractivity contribution is -0.491. The van der Waals surface area contributed by atoms with Crippen LogP contribution in [0.1, 0.15) is 6.92 Å². The van der Waals surface area contributed by atoms with Crippen LogP contribution in [0.15, 0.2) is 16.9 Å². The number of hydrogen-bond acceptors (Lipinski definition) is 2. The maximum atomic E-state index is 11.5. The van der Waals surface area contributed by atoms with Crippen LogP contribution >= 0.6 is 0 Å². The van der Waals surface area contributed by atoms with Crippen LogP contribution in [0.4, 0.5) is 0 Å². The average Bonchev–Trinajstić information content (AvgIpc) is 2.28. The zero-order valence-corrected chi connectivity index (χ0v) is 7.83. The zero-order valence-electron chi connectivity index (χ0n) is 7.83. The number of rotatable bonds is 1. The maximum Gasteiger partial charge on any atom is 0.258 e. The highest BCUT2D eigenvalue weighted by Crippen LogP contribution is 2.21. The molecule has 0 fully saturated rings. The summed E-state index contributed by atoms with van der Waals surface area (Å²) in [6, 6.07) is 0.774. The molecule has 1 heterocycles. The van der Waals surface area contributed by atoms with Gasteiger partial charge in [-0.1, -0.05) is 4.70 Å². The average molecular weight is 167 g/mol. The van der Waals surface area contributed by atoms with E-state index in [9.17, 15) is 4.79 Å². The summed E-state index contributed by atoms with van der Waals surface area (Å²) in [5.41, 5.74) is 0.669. The molecule has 0 bridgehead atoms. The lowest BCUT2D eigenvalue weighted by Gasteiger charge is -2.09. The van der Waals surface area contributed by atoms with E-state index in [2.05, 4.69) is 5.11 Å². The third kappa shape index (κ3) is 1.52. The Kier molecular flexibility index (Phi) is 2.26. The zero-order chi connectivity index (χ0) is 9.30. The molecule has 0 saturated heterocycles. The van der Waals surface area contributed by atoms with Gasteiger partial charge in [-0.25, -0.2) is 0 Å². The van der Waals surface area contributed by atoms with Crippen LogP contribution in [0.2, 0.25) is 0 Å². The summed E-state index contributed by atoms with van der Waals surface area (Å²) in [6.45, 7) is 1.83. The normalized spacial score (nSPS) is 17.3. The second-order valence-corrected chi connectivity index (χ2v) is 3.00. The predicted octanol–water partition coefficient (Wildman–Crippen LogP) is 0.618. The van der Waals surface area contributed by atoms with E-state index >= 15 is 0 Å². The number of carbonyl (C=O) groups excluding carboxylic acids is 1. The third-order valence-corrected chi connectivity index (χ3v) is 1.65. The number of hydrogen-bond donors (Lipinski definition) is 0. The minimum Gasteiger partial charge on any atom is -0.345 e. The Morgan fingerprint density at radius 1 is 1.58 bits per heavy atom. The van der Waals surface area contributed by atoms with E-state index in [1.807, 2.05) is 6.92 Å². The SMILES string of the molecule is C[C]1N=[N+](C)C=C1C(=O)N(C)C. The minimum absolute atomic E-state index is 0.000556. The molecule has 0 aromatic carbocycles. The van der Waals surface area contributed by atoms with E-state index in [0.717, 1.165) is 6.04 Å². The summed E-state index contributed by atoms with van der Waals surface area (Å²) >= 11 is 0. The summed E-state index contributed by atoms with van der Waals surface area (Å²) in [4.78, 5) is 13.0. The van der Waals surface area contributed by atoms with Gasteiger partial charge >= 0.3 is 0 Å². The highest BCUT2D eigenvalue weighted by Gasteiger charge is 2.29. The van der Waals surface area contributed by atoms with Crippen LogP contribution in [-0.2, 0) is 4.79 Å². The molecule has 0 aromatic rings. The second-order valence-electron chi connectivity index (χ2n) is 3.00. The second kappa shape index (κ2) is 3.05. The molecule has 0 spiro atoms. The van der Waals surface area contributed by atoms with Crippen molar-refractivity contribution in [1.29, 1.82) is 0 Å². The molecule has 0 unspecified atom stereocenters. The predicted molar refractivity (Wildman–Crippen MR) is 44.3 cm³/mol. The molecule has 1 aliphatic heterocycles. The van der Waals surface area contributed by atoms with Gasteiger partial charge in [-0.05, 0) is 12.0 Å². The molecule has 4 heteroatoms. The Morgan fingerprint density at radius 2 is 2.17 bits per heavy atom. The van der Waals surface area contributed by atoms with Crippen LogP contribution < -0.4 is 0 Å². The lowest BCUT2D eigenvalue weighted by Crippen LogP contribution is -2.24. The Bertz CT molecular complexity index is 265. The van der Waals surface area contributed by atoms with E-state index in [0.29, 0.717) is 5.57 Å². The number of carbonyl (C=O) groups is 1. The molecule has 12 heavy (non-hydrogen) atoms. The summed E-state index contributed by atoms with van der Waals surface area (Å²) in [6.07, 6.45) is 1.73. The van der Waals surface area contributed by atoms with Gasteiger partial charge in [0.05, 0.1) is 0 Å². The molecule has 1 amide bonds. The summed E-state index contributed by atoms with van der Waals surface area (Å²) in [5.74, 6) is 0.000556. The topological polar surface area (TPSA) is 35.7 Å². The number of likely N-dealkylation sites (N-methyl/N-ethyl adjacent to an activating group) is 1. The Morgan fingerprint density at radius 3 is 2.50 bits per heavy atom. The lowest BCUT2D eigenvalue weighted by atomic mass is 10.1. The van der Waals surface area contributed by atoms with Crippen molar-refractivity contribution in [1.82, 2.24) is 4.90 Å². The molecule has 0 aliphatic carbocycles. The van der Waals surface area contributed by atoms with Crippen molar-refractivity contribution in [2.24, 2.45) is 5.11 Å². The Balaban J connectivity index is 2.80. The molecule has 1 rings (SSSR count). The quantitative estimate of drug-likeness (QED) is 0.527. The Hall–Kier alpha value is -1.19. The van der Waals surface area contributed by atoms with Gasteiger partial charge in [0.1, 0.15) is 5.57 Å². The fraction of sp³-hybridized carbons (Fsp3) is 0.500. The summed E-state index contributed by atoms with van der Waals surface area (Å²) < 4.78 is 1.64. The van der Waals surface area contributed by atoms with Crippen molar-refractivity contribution < 1.29 is 9.49 Å². The third-order valence-electron chi connectivity index (χ3n) is 1.65. The molecule has 1 radical (unpaired) electrons. The van der Waals surface area contributed by atoms with Crippen molar-refractivity contribution >= 4 is 5.91 Å². The van der Waals surface area contributed by atoms with Crippen molar-refractivity contribution in [2.45, 2.75) is 6.92 Å². The largest absolute Gasteiger partial charge is 0.345 e. The first-order chi connectivity index (χ1) is 5.52. The van der Waals surface area contributed by atoms with E-state index in [4.69, 9.17) is 0 Å². The van der Waals surface area contributed by atoms with Gasteiger partial charge < -0.3 is 4.90 Å². The number of nitrogens with zero attached hydrogens (tertiary/aromatic N) is 3. The van der Waals surface area contributed by atoms with Crippen LogP contribution in [0.25, 0.3) is 0 Å². The van der Waals surface area contributed by atoms with E-state index in [1.165, 1.54) is 0 Å². The smallest absolute Gasteiger partial charge is 0.258 e. The molecule has 4 nitrogen and oxygen atoms in total. The van der Waals surface area contributed by atoms with E-state index < -0.39 is 0 Å². The molecule has 1 aliphatic rings. The van der Waals surface area contributed by atoms with Gasteiger partial charge in [0.25, 0.3) is 5.91 Å². The van der Waals surface area contributed by atoms with Gasteiger partial charge in [-0.3, -0.25) is 4.79 Å². The van der Waals surface area contributed by atoms with Gasteiger partial charge in [0.2, 0.25) is 6.20 Å². The monoisotopic (exact) mass is 167 g/mol. The molecule has 0 aromatic heterocycles. The van der Waals surface area contributed by atoms with Crippen LogP contribution in [0.3, 0.4) is 0 Å². The first-order valence-electron chi connectivity index (χ1n) is 3.74. The molecule has 0 saturated carbocycles. The number of amides is 1. The molecular weight excluding hydrogens is 154 g/mol. The van der Waals surface area contributed by atoms with Crippen LogP contribution in [0.5, 0.6) is 0 Å². The highest BCUT2D eigenvalue weighted by molar-refractivity contribution is 5.96. The maximum absolute atomic E-state index is 11.5. The Labute approximate surface area is 72.2 Å². The fourth-order valence-corrected chi connectivity index (χ4v) is 1.05. The fourth-order valence-electron chi connectivity index (χ4n) is 1.05. The van der Waals surface area contributed by atoms with Crippen LogP contribution in [-0.4, -0.2) is 36.6 Å². The van der Waals surface area contributed by atoms with Crippen LogP contribution in [0, 0.1) is 6.04 Å². The molecule has 65 valence electrons. The first-order valence-corrected chi connectivity index (χ1v) is 3.74. The summed E-state index contributed by atoms with van der Waals surface area (Å²) in [7, 11) is 5.27. The van der Waals surface area contributed by atoms with E-state index in [1.54, 1.807) is 36.9 Å². The highest BCUT2D eigenvalue weighted by atomic mass is 16.2. The van der Waals surface area contributed by atoms with Crippen molar-refractivity contribution in [3.63, 3.8) is 0 Å². The van der Waals surface area contributed by atoms with Crippen molar-refractivity contribution in [2.75, 3.05) is 21.1 Å². The standard InChI is InChI=1S/C8H13N3O/c1-6-7(5-11(4)9-6)8(12)10(2)3/h5H,1-4H3/q+1. The van der Waals surface area contributed by atoms with Gasteiger partial charge in [-0.2, -0.15) is 0 Å². The first kappa shape index (κ1) is 8.90. The molecule has 0 N–H and O–H groups in total. The molecule has 0 atom stereocenters. The summed E-state index contributed by atoms with van der Waals surface area (Å²) in [5, 5.41) is 4.08. The van der Waals surface area contributed by atoms with E-state index in [-0.39, 0.29) is 5.91 Å². The van der Waals surface area contributed by atoms with Gasteiger partial charge in [0.15, 0.2) is 13.1 Å². The van der Waals surface area contributed by atoms with Crippen molar-refractivity contribution in [3.8, 4) is 0 Å². The van der Waals surface area contributed by atoms with Crippen molar-refractivity contribution in [3.05, 3.63) is 17.8 Å². The minimum atomic E-state index is 0.000556. The number of azo groups is 2.